The van der Waals surface area contributed by atoms with Crippen LogP contribution >= 0.6 is 7.75 Å². The maximum Gasteiger partial charge on any atom is 0.459 e. The van der Waals surface area contributed by atoms with Crippen LogP contribution in [0.15, 0.2) is 41.3 Å². The predicted molar refractivity (Wildman–Crippen MR) is 107 cm³/mol. The number of methoxy groups -OCH3 is 1. The number of rotatable bonds is 9. The molecule has 3 rings (SSSR count). The molecular formula is C18H22FN4O7P. The summed E-state index contributed by atoms with van der Waals surface area (Å²) in [5.41, 5.74) is 4.54. The van der Waals surface area contributed by atoms with E-state index < -0.39 is 49.9 Å². The predicted octanol–water partition coefficient (Wildman–Crippen LogP) is 1.61. The summed E-state index contributed by atoms with van der Waals surface area (Å²) < 4.78 is 48.9. The Balaban J connectivity index is 1.64. The monoisotopic (exact) mass is 456 g/mol. The first-order valence-corrected chi connectivity index (χ1v) is 10.8. The van der Waals surface area contributed by atoms with Crippen molar-refractivity contribution >= 4 is 19.5 Å². The number of benzene rings is 1. The Morgan fingerprint density at radius 1 is 1.39 bits per heavy atom. The van der Waals surface area contributed by atoms with Gasteiger partial charge in [-0.25, -0.2) is 18.8 Å². The summed E-state index contributed by atoms with van der Waals surface area (Å²) in [6.07, 6.45) is 0.398. The molecule has 2 aromatic rings. The van der Waals surface area contributed by atoms with E-state index >= 15 is 0 Å². The van der Waals surface area contributed by atoms with E-state index in [9.17, 15) is 18.5 Å². The van der Waals surface area contributed by atoms with Crippen LogP contribution in [0.25, 0.3) is 0 Å². The van der Waals surface area contributed by atoms with Gasteiger partial charge in [0.1, 0.15) is 18.5 Å². The highest BCUT2D eigenvalue weighted by Gasteiger charge is 2.33. The molecular weight excluding hydrogens is 434 g/mol. The van der Waals surface area contributed by atoms with Crippen molar-refractivity contribution in [1.82, 2.24) is 14.6 Å². The van der Waals surface area contributed by atoms with Crippen molar-refractivity contribution in [2.45, 2.75) is 25.2 Å². The van der Waals surface area contributed by atoms with Crippen LogP contribution in [0.5, 0.6) is 5.75 Å². The Bertz CT molecular complexity index is 1020. The van der Waals surface area contributed by atoms with Crippen LogP contribution < -0.4 is 21.0 Å². The lowest BCUT2D eigenvalue weighted by atomic mass is 10.2. The number of nitrogens with zero attached hydrogens (tertiary/aromatic N) is 2. The van der Waals surface area contributed by atoms with Gasteiger partial charge >= 0.3 is 19.4 Å². The number of ether oxygens (including phenoxy) is 2. The number of carbonyl (C=O) groups excluding carboxylic acids is 1. The van der Waals surface area contributed by atoms with Crippen LogP contribution in [-0.2, 0) is 23.4 Å². The van der Waals surface area contributed by atoms with Gasteiger partial charge in [-0.1, -0.05) is 18.2 Å². The van der Waals surface area contributed by atoms with Gasteiger partial charge in [0, 0.05) is 0 Å². The number of nitrogens with one attached hydrogen (secondary N) is 1. The van der Waals surface area contributed by atoms with Crippen LogP contribution in [0.1, 0.15) is 19.1 Å². The molecule has 31 heavy (non-hydrogen) atoms. The second-order valence-corrected chi connectivity index (χ2v) is 8.31. The quantitative estimate of drug-likeness (QED) is 0.422. The second kappa shape index (κ2) is 10.0. The summed E-state index contributed by atoms with van der Waals surface area (Å²) in [5.74, 6) is -1.72. The molecule has 0 radical (unpaired) electrons. The Morgan fingerprint density at radius 2 is 2.13 bits per heavy atom. The van der Waals surface area contributed by atoms with Crippen LogP contribution in [0, 0.1) is 5.82 Å². The molecule has 0 saturated carbocycles. The molecule has 1 aliphatic heterocycles. The Kier molecular flexibility index (Phi) is 7.39. The Morgan fingerprint density at radius 3 is 2.84 bits per heavy atom. The third-order valence-electron chi connectivity index (χ3n) is 4.37. The molecule has 1 aromatic carbocycles. The molecule has 13 heteroatoms. The summed E-state index contributed by atoms with van der Waals surface area (Å²) in [6.45, 7) is -0.574. The van der Waals surface area contributed by atoms with E-state index in [4.69, 9.17) is 19.5 Å². The van der Waals surface area contributed by atoms with Gasteiger partial charge in [-0.2, -0.15) is 4.98 Å². The summed E-state index contributed by atoms with van der Waals surface area (Å²) in [5, 5.41) is 2.44. The van der Waals surface area contributed by atoms with Crippen LogP contribution in [0.4, 0.5) is 10.2 Å². The molecule has 0 spiro atoms. The fraction of sp³-hybridized carbons (Fsp3) is 0.389. The average Bonchev–Trinajstić information content (AvgIpc) is 3.23. The van der Waals surface area contributed by atoms with E-state index in [0.717, 1.165) is 10.8 Å². The highest BCUT2D eigenvalue weighted by atomic mass is 31.2. The van der Waals surface area contributed by atoms with Crippen molar-refractivity contribution in [3.8, 4) is 5.75 Å². The van der Waals surface area contributed by atoms with Crippen molar-refractivity contribution in [2.75, 3.05) is 26.0 Å². The fourth-order valence-corrected chi connectivity index (χ4v) is 4.11. The maximum atomic E-state index is 13.7. The lowest BCUT2D eigenvalue weighted by Crippen LogP contribution is -2.29. The number of carbonyl (C=O) groups is 1. The maximum absolute atomic E-state index is 13.7. The van der Waals surface area contributed by atoms with Gasteiger partial charge in [0.15, 0.2) is 11.6 Å². The SMILES string of the molecule is COC(=O)CNP(=O)(OCC1CCC(n2cc(F)c(N)nc2=O)O1)Oc1ccccc1. The van der Waals surface area contributed by atoms with E-state index in [1.807, 2.05) is 0 Å². The second-order valence-electron chi connectivity index (χ2n) is 6.56. The van der Waals surface area contributed by atoms with E-state index in [0.29, 0.717) is 12.8 Å². The zero-order chi connectivity index (χ0) is 22.4. The minimum atomic E-state index is -3.96. The Hall–Kier alpha value is -2.79. The summed E-state index contributed by atoms with van der Waals surface area (Å²) in [7, 11) is -2.77. The molecule has 1 aliphatic rings. The molecule has 1 fully saturated rings. The number of hydrogen-bond donors (Lipinski definition) is 2. The minimum absolute atomic E-state index is 0.172. The van der Waals surface area contributed by atoms with Crippen molar-refractivity contribution in [3.63, 3.8) is 0 Å². The standard InChI is InChI=1S/C18H22FN4O7P/c1-27-16(24)9-21-31(26,30-12-5-3-2-4-6-12)28-11-13-7-8-15(29-13)23-10-14(19)17(20)22-18(23)25/h2-6,10,13,15H,7-9,11H2,1H3,(H,21,26)(H2,20,22,25). The lowest BCUT2D eigenvalue weighted by Gasteiger charge is -2.21. The molecule has 1 aromatic heterocycles. The topological polar surface area (TPSA) is 144 Å². The molecule has 0 aliphatic carbocycles. The third kappa shape index (κ3) is 6.11. The van der Waals surface area contributed by atoms with Crippen LogP contribution in [0.2, 0.25) is 0 Å². The molecule has 11 nitrogen and oxygen atoms in total. The molecule has 0 amide bonds. The average molecular weight is 456 g/mol. The number of anilines is 1. The van der Waals surface area contributed by atoms with Gasteiger partial charge in [-0.05, 0) is 25.0 Å². The van der Waals surface area contributed by atoms with E-state index in [1.165, 1.54) is 7.11 Å². The highest BCUT2D eigenvalue weighted by molar-refractivity contribution is 7.52. The summed E-state index contributed by atoms with van der Waals surface area (Å²) in [6, 6.07) is 8.27. The fourth-order valence-electron chi connectivity index (χ4n) is 2.82. The van der Waals surface area contributed by atoms with Gasteiger partial charge in [-0.3, -0.25) is 13.9 Å². The molecule has 3 N–H and O–H groups in total. The molecule has 3 unspecified atom stereocenters. The van der Waals surface area contributed by atoms with Crippen LogP contribution in [0.3, 0.4) is 0 Å². The van der Waals surface area contributed by atoms with E-state index in [2.05, 4.69) is 14.8 Å². The number of nitrogens with two attached hydrogens (primary N) is 1. The number of aromatic nitrogens is 2. The minimum Gasteiger partial charge on any atom is -0.468 e. The number of para-hydroxylation sites is 1. The first-order valence-electron chi connectivity index (χ1n) is 9.30. The first kappa shape index (κ1) is 22.9. The summed E-state index contributed by atoms with van der Waals surface area (Å²) in [4.78, 5) is 26.8. The van der Waals surface area contributed by atoms with Crippen molar-refractivity contribution < 1.29 is 32.3 Å². The van der Waals surface area contributed by atoms with Crippen molar-refractivity contribution in [1.29, 1.82) is 0 Å². The summed E-state index contributed by atoms with van der Waals surface area (Å²) >= 11 is 0. The molecule has 1 saturated heterocycles. The Labute approximate surface area is 176 Å². The molecule has 2 heterocycles. The highest BCUT2D eigenvalue weighted by Crippen LogP contribution is 2.45. The normalized spacial score (nSPS) is 20.2. The van der Waals surface area contributed by atoms with Crippen molar-refractivity contribution in [3.05, 3.63) is 52.8 Å². The molecule has 168 valence electrons. The van der Waals surface area contributed by atoms with Gasteiger partial charge in [0.25, 0.3) is 0 Å². The molecule has 3 atom stereocenters. The number of esters is 1. The smallest absolute Gasteiger partial charge is 0.459 e. The van der Waals surface area contributed by atoms with Gasteiger partial charge in [-0.15, -0.1) is 0 Å². The van der Waals surface area contributed by atoms with Crippen LogP contribution in [-0.4, -0.2) is 41.9 Å². The molecule has 0 bridgehead atoms. The van der Waals surface area contributed by atoms with Gasteiger partial charge < -0.3 is 19.7 Å². The number of hydrogen-bond acceptors (Lipinski definition) is 9. The number of halogens is 1. The first-order chi connectivity index (χ1) is 14.8. The van der Waals surface area contributed by atoms with Crippen molar-refractivity contribution in [2.24, 2.45) is 0 Å². The largest absolute Gasteiger partial charge is 0.468 e. The zero-order valence-electron chi connectivity index (χ0n) is 16.6. The van der Waals surface area contributed by atoms with E-state index in [1.54, 1.807) is 30.3 Å². The van der Waals surface area contributed by atoms with Gasteiger partial charge in [0.2, 0.25) is 0 Å². The van der Waals surface area contributed by atoms with E-state index in [-0.39, 0.29) is 12.4 Å². The number of nitrogen functional groups attached to an aromatic ring is 1. The third-order valence-corrected chi connectivity index (χ3v) is 5.86. The lowest BCUT2D eigenvalue weighted by molar-refractivity contribution is -0.139. The van der Waals surface area contributed by atoms with Gasteiger partial charge in [0.05, 0.1) is 26.0 Å². The zero-order valence-corrected chi connectivity index (χ0v) is 17.5.